The van der Waals surface area contributed by atoms with Crippen LogP contribution in [0.25, 0.3) is 39.0 Å². The second-order valence-corrected chi connectivity index (χ2v) is 13.3. The van der Waals surface area contributed by atoms with Gasteiger partial charge in [-0.2, -0.15) is 0 Å². The van der Waals surface area contributed by atoms with Crippen LogP contribution in [0.4, 0.5) is 11.4 Å². The molecule has 1 N–H and O–H groups in total. The summed E-state index contributed by atoms with van der Waals surface area (Å²) in [7, 11) is 0. The highest BCUT2D eigenvalue weighted by Crippen LogP contribution is 2.57. The largest absolute Gasteiger partial charge is 0.355 e. The first-order valence-corrected chi connectivity index (χ1v) is 17.6. The van der Waals surface area contributed by atoms with Crippen molar-refractivity contribution in [2.45, 2.75) is 18.3 Å². The van der Waals surface area contributed by atoms with E-state index in [4.69, 9.17) is 0 Å². The molecule has 50 heavy (non-hydrogen) atoms. The third-order valence-electron chi connectivity index (χ3n) is 10.4. The third-order valence-corrected chi connectivity index (χ3v) is 10.4. The molecule has 7 aromatic carbocycles. The van der Waals surface area contributed by atoms with E-state index in [1.54, 1.807) is 0 Å². The van der Waals surface area contributed by atoms with Crippen LogP contribution >= 0.6 is 0 Å². The molecule has 2 aliphatic rings. The summed E-state index contributed by atoms with van der Waals surface area (Å²) >= 11 is 0. The lowest BCUT2D eigenvalue weighted by molar-refractivity contribution is 0.757. The van der Waals surface area contributed by atoms with Crippen molar-refractivity contribution in [1.82, 2.24) is 0 Å². The minimum absolute atomic E-state index is 0.359. The molecule has 0 saturated heterocycles. The Labute approximate surface area is 294 Å². The number of fused-ring (bicyclic) bond motifs is 2. The van der Waals surface area contributed by atoms with Gasteiger partial charge in [-0.1, -0.05) is 170 Å². The monoisotopic (exact) mass is 639 g/mol. The van der Waals surface area contributed by atoms with E-state index < -0.39 is 0 Å². The Morgan fingerprint density at radius 1 is 0.440 bits per heavy atom. The van der Waals surface area contributed by atoms with Crippen molar-refractivity contribution >= 4 is 16.9 Å². The van der Waals surface area contributed by atoms with Crippen molar-refractivity contribution in [3.05, 3.63) is 222 Å². The first-order valence-electron chi connectivity index (χ1n) is 17.6. The molecule has 0 bridgehead atoms. The minimum atomic E-state index is -0.359. The van der Waals surface area contributed by atoms with Crippen molar-refractivity contribution in [3.63, 3.8) is 0 Å². The first-order chi connectivity index (χ1) is 24.8. The zero-order valence-electron chi connectivity index (χ0n) is 27.9. The second-order valence-electron chi connectivity index (χ2n) is 13.3. The standard InChI is InChI=1S/C49H37N/c1-3-15-35(16-4-1)39-18-14-22-42(34-39)50-48-28-12-9-23-43(48)37-31-29-36(30-32-37)38-17-13-21-41(33-38)49(40-19-5-2-6-20-40)46-26-10-7-24-44(46)45-25-8-11-27-47(45)49/h1-7,9-24,26-34,50H,8,25H2. The predicted octanol–water partition coefficient (Wildman–Crippen LogP) is 12.9. The lowest BCUT2D eigenvalue weighted by atomic mass is 9.66. The van der Waals surface area contributed by atoms with E-state index in [9.17, 15) is 0 Å². The predicted molar refractivity (Wildman–Crippen MR) is 211 cm³/mol. The van der Waals surface area contributed by atoms with Crippen LogP contribution in [0.3, 0.4) is 0 Å². The lowest BCUT2D eigenvalue weighted by Gasteiger charge is -2.35. The van der Waals surface area contributed by atoms with E-state index in [1.165, 1.54) is 66.8 Å². The number of hydrogen-bond donors (Lipinski definition) is 1. The molecule has 9 rings (SSSR count). The average Bonchev–Trinajstić information content (AvgIpc) is 3.50. The summed E-state index contributed by atoms with van der Waals surface area (Å²) < 4.78 is 0. The number of benzene rings is 7. The maximum absolute atomic E-state index is 3.71. The zero-order valence-corrected chi connectivity index (χ0v) is 27.9. The number of para-hydroxylation sites is 1. The maximum Gasteiger partial charge on any atom is 0.0710 e. The van der Waals surface area contributed by atoms with E-state index in [2.05, 4.69) is 199 Å². The van der Waals surface area contributed by atoms with Crippen molar-refractivity contribution in [2.24, 2.45) is 0 Å². The van der Waals surface area contributed by atoms with Gasteiger partial charge >= 0.3 is 0 Å². The van der Waals surface area contributed by atoms with Crippen molar-refractivity contribution in [3.8, 4) is 33.4 Å². The number of nitrogens with one attached hydrogen (secondary N) is 1. The van der Waals surface area contributed by atoms with Crippen LogP contribution in [0.15, 0.2) is 200 Å². The molecule has 2 aliphatic carbocycles. The molecule has 7 aromatic rings. The van der Waals surface area contributed by atoms with Crippen LogP contribution in [-0.2, 0) is 5.41 Å². The van der Waals surface area contributed by atoms with Crippen LogP contribution in [0.1, 0.15) is 35.1 Å². The third kappa shape index (κ3) is 5.11. The summed E-state index contributed by atoms with van der Waals surface area (Å²) in [5.74, 6) is 0. The molecule has 0 spiro atoms. The summed E-state index contributed by atoms with van der Waals surface area (Å²) in [5.41, 5.74) is 17.3. The molecule has 0 aromatic heterocycles. The van der Waals surface area contributed by atoms with Crippen molar-refractivity contribution < 1.29 is 0 Å². The molecule has 1 atom stereocenters. The summed E-state index contributed by atoms with van der Waals surface area (Å²) in [4.78, 5) is 0. The molecule has 0 saturated carbocycles. The summed E-state index contributed by atoms with van der Waals surface area (Å²) in [6.45, 7) is 0. The van der Waals surface area contributed by atoms with Gasteiger partial charge in [0.05, 0.1) is 5.41 Å². The second kappa shape index (κ2) is 12.7. The zero-order chi connectivity index (χ0) is 33.3. The fraction of sp³-hybridized carbons (Fsp3) is 0.0612. The van der Waals surface area contributed by atoms with Crippen molar-refractivity contribution in [2.75, 3.05) is 5.32 Å². The summed E-state index contributed by atoms with van der Waals surface area (Å²) in [6.07, 6.45) is 6.92. The highest BCUT2D eigenvalue weighted by molar-refractivity contribution is 5.89. The molecule has 0 heterocycles. The van der Waals surface area contributed by atoms with E-state index in [1.807, 2.05) is 0 Å². The molecule has 0 fully saturated rings. The van der Waals surface area contributed by atoms with Gasteiger partial charge in [-0.3, -0.25) is 0 Å². The highest BCUT2D eigenvalue weighted by atomic mass is 14.9. The van der Waals surface area contributed by atoms with Crippen LogP contribution in [0.5, 0.6) is 0 Å². The Bertz CT molecular complexity index is 2380. The molecule has 0 aliphatic heterocycles. The van der Waals surface area contributed by atoms with Gasteiger partial charge in [0.15, 0.2) is 0 Å². The van der Waals surface area contributed by atoms with Crippen LogP contribution in [0.2, 0.25) is 0 Å². The normalized spacial score (nSPS) is 16.2. The van der Waals surface area contributed by atoms with Gasteiger partial charge in [-0.25, -0.2) is 0 Å². The summed E-state index contributed by atoms with van der Waals surface area (Å²) in [5, 5.41) is 3.71. The Morgan fingerprint density at radius 3 is 1.86 bits per heavy atom. The number of allylic oxidation sites excluding steroid dienone is 4. The molecule has 1 unspecified atom stereocenters. The van der Waals surface area contributed by atoms with E-state index in [0.29, 0.717) is 0 Å². The molecule has 0 amide bonds. The maximum atomic E-state index is 3.71. The van der Waals surface area contributed by atoms with Gasteiger partial charge in [0, 0.05) is 16.9 Å². The average molecular weight is 640 g/mol. The van der Waals surface area contributed by atoms with Crippen LogP contribution in [0, 0.1) is 0 Å². The van der Waals surface area contributed by atoms with Crippen LogP contribution in [-0.4, -0.2) is 0 Å². The number of hydrogen-bond acceptors (Lipinski definition) is 1. The number of rotatable bonds is 7. The lowest BCUT2D eigenvalue weighted by Crippen LogP contribution is -2.29. The quantitative estimate of drug-likeness (QED) is 0.183. The van der Waals surface area contributed by atoms with E-state index >= 15 is 0 Å². The Hall–Kier alpha value is -6.18. The Balaban J connectivity index is 1.08. The topological polar surface area (TPSA) is 12.0 Å². The van der Waals surface area contributed by atoms with E-state index in [0.717, 1.165) is 24.2 Å². The fourth-order valence-corrected chi connectivity index (χ4v) is 8.17. The molecule has 1 heteroatoms. The molecule has 1 nitrogen and oxygen atoms in total. The molecule has 0 radical (unpaired) electrons. The minimum Gasteiger partial charge on any atom is -0.355 e. The number of anilines is 2. The molecular weight excluding hydrogens is 603 g/mol. The van der Waals surface area contributed by atoms with Gasteiger partial charge in [0.2, 0.25) is 0 Å². The van der Waals surface area contributed by atoms with Gasteiger partial charge in [-0.15, -0.1) is 0 Å². The first kappa shape index (κ1) is 29.9. The Kier molecular flexibility index (Phi) is 7.59. The van der Waals surface area contributed by atoms with Crippen LogP contribution < -0.4 is 5.32 Å². The highest BCUT2D eigenvalue weighted by Gasteiger charge is 2.47. The smallest absolute Gasteiger partial charge is 0.0710 e. The molecule has 238 valence electrons. The van der Waals surface area contributed by atoms with E-state index in [-0.39, 0.29) is 5.41 Å². The van der Waals surface area contributed by atoms with Gasteiger partial charge in [0.1, 0.15) is 0 Å². The molecular formula is C49H37N. The summed E-state index contributed by atoms with van der Waals surface area (Å²) in [6, 6.07) is 66.2. The van der Waals surface area contributed by atoms with Gasteiger partial charge < -0.3 is 5.32 Å². The van der Waals surface area contributed by atoms with Crippen molar-refractivity contribution in [1.29, 1.82) is 0 Å². The van der Waals surface area contributed by atoms with Gasteiger partial charge in [0.25, 0.3) is 0 Å². The van der Waals surface area contributed by atoms with Gasteiger partial charge in [-0.05, 0) is 98.3 Å². The fourth-order valence-electron chi connectivity index (χ4n) is 8.17. The Morgan fingerprint density at radius 2 is 1.04 bits per heavy atom. The SMILES string of the molecule is C1=CC2=C(CC1)c1ccccc1C2(c1ccccc1)c1cccc(-c2ccc(-c3ccccc3Nc3cccc(-c4ccccc4)c3)cc2)c1.